The quantitative estimate of drug-likeness (QED) is 0.647. The summed E-state index contributed by atoms with van der Waals surface area (Å²) in [4.78, 5) is 4.78. The molecular weight excluding hydrogens is 268 g/mol. The first-order chi connectivity index (χ1) is 9.81. The maximum Gasteiger partial charge on any atom is 0.142 e. The molecule has 3 aromatic rings. The second-order valence-electron chi connectivity index (χ2n) is 4.91. The van der Waals surface area contributed by atoms with Crippen LogP contribution >= 0.6 is 11.6 Å². The van der Waals surface area contributed by atoms with Crippen molar-refractivity contribution in [3.63, 3.8) is 0 Å². The van der Waals surface area contributed by atoms with Crippen LogP contribution in [0.15, 0.2) is 48.5 Å². The summed E-state index contributed by atoms with van der Waals surface area (Å²) in [6.45, 7) is 3.17. The summed E-state index contributed by atoms with van der Waals surface area (Å²) >= 11 is 6.34. The molecule has 20 heavy (non-hydrogen) atoms. The Bertz CT molecular complexity index is 731. The van der Waals surface area contributed by atoms with Crippen LogP contribution < -0.4 is 0 Å². The number of para-hydroxylation sites is 2. The Labute approximate surface area is 124 Å². The van der Waals surface area contributed by atoms with Gasteiger partial charge in [-0.05, 0) is 30.7 Å². The maximum absolute atomic E-state index is 6.34. The molecule has 0 spiro atoms. The molecular formula is C17H17ClN2. The van der Waals surface area contributed by atoms with Crippen LogP contribution in [-0.4, -0.2) is 9.55 Å². The van der Waals surface area contributed by atoms with Crippen LogP contribution in [0.2, 0.25) is 5.02 Å². The van der Waals surface area contributed by atoms with E-state index in [9.17, 15) is 0 Å². The number of aromatic nitrogens is 2. The van der Waals surface area contributed by atoms with E-state index in [2.05, 4.69) is 29.7 Å². The third-order valence-corrected chi connectivity index (χ3v) is 3.83. The van der Waals surface area contributed by atoms with E-state index in [-0.39, 0.29) is 0 Å². The molecule has 0 fully saturated rings. The van der Waals surface area contributed by atoms with Crippen molar-refractivity contribution in [1.82, 2.24) is 9.55 Å². The highest BCUT2D eigenvalue weighted by molar-refractivity contribution is 6.33. The fourth-order valence-electron chi connectivity index (χ4n) is 2.47. The molecule has 0 unspecified atom stereocenters. The molecule has 0 aliphatic carbocycles. The van der Waals surface area contributed by atoms with Gasteiger partial charge in [0.15, 0.2) is 0 Å². The minimum absolute atomic E-state index is 0.751. The molecule has 1 aromatic heterocycles. The lowest BCUT2D eigenvalue weighted by molar-refractivity contribution is 0.651. The molecule has 0 amide bonds. The second kappa shape index (κ2) is 5.68. The number of benzene rings is 2. The summed E-state index contributed by atoms with van der Waals surface area (Å²) in [6.07, 6.45) is 2.30. The van der Waals surface area contributed by atoms with Gasteiger partial charge < -0.3 is 4.57 Å². The second-order valence-corrected chi connectivity index (χ2v) is 5.32. The number of imidazole rings is 1. The molecule has 2 nitrogen and oxygen atoms in total. The smallest absolute Gasteiger partial charge is 0.142 e. The van der Waals surface area contributed by atoms with E-state index < -0.39 is 0 Å². The monoisotopic (exact) mass is 284 g/mol. The van der Waals surface area contributed by atoms with Crippen molar-refractivity contribution in [2.45, 2.75) is 26.3 Å². The van der Waals surface area contributed by atoms with E-state index in [0.717, 1.165) is 41.3 Å². The number of unbranched alkanes of at least 4 members (excludes halogenated alkanes) is 1. The van der Waals surface area contributed by atoms with Crippen molar-refractivity contribution in [1.29, 1.82) is 0 Å². The van der Waals surface area contributed by atoms with E-state index in [1.807, 2.05) is 30.3 Å². The van der Waals surface area contributed by atoms with Crippen molar-refractivity contribution >= 4 is 22.6 Å². The Hall–Kier alpha value is -1.80. The van der Waals surface area contributed by atoms with Crippen molar-refractivity contribution < 1.29 is 0 Å². The van der Waals surface area contributed by atoms with Crippen LogP contribution in [0.1, 0.15) is 19.8 Å². The molecule has 0 saturated carbocycles. The Morgan fingerprint density at radius 3 is 2.60 bits per heavy atom. The van der Waals surface area contributed by atoms with Crippen LogP contribution in [0, 0.1) is 0 Å². The van der Waals surface area contributed by atoms with Crippen LogP contribution in [-0.2, 0) is 6.54 Å². The van der Waals surface area contributed by atoms with E-state index in [0.29, 0.717) is 0 Å². The van der Waals surface area contributed by atoms with Crippen LogP contribution in [0.3, 0.4) is 0 Å². The predicted octanol–water partition coefficient (Wildman–Crippen LogP) is 5.16. The fraction of sp³-hybridized carbons (Fsp3) is 0.235. The van der Waals surface area contributed by atoms with Crippen LogP contribution in [0.25, 0.3) is 22.4 Å². The molecule has 0 bridgehead atoms. The Morgan fingerprint density at radius 2 is 1.80 bits per heavy atom. The lowest BCUT2D eigenvalue weighted by atomic mass is 10.2. The highest BCUT2D eigenvalue weighted by Gasteiger charge is 2.13. The van der Waals surface area contributed by atoms with Crippen molar-refractivity contribution in [2.75, 3.05) is 0 Å². The van der Waals surface area contributed by atoms with Gasteiger partial charge in [-0.2, -0.15) is 0 Å². The number of fused-ring (bicyclic) bond motifs is 1. The Balaban J connectivity index is 2.21. The molecule has 3 heteroatoms. The van der Waals surface area contributed by atoms with Crippen LogP contribution in [0.5, 0.6) is 0 Å². The maximum atomic E-state index is 6.34. The lowest BCUT2D eigenvalue weighted by Crippen LogP contribution is -2.00. The SMILES string of the molecule is CCCCn1c(-c2ccccc2Cl)nc2ccccc21. The van der Waals surface area contributed by atoms with Crippen molar-refractivity contribution in [3.05, 3.63) is 53.6 Å². The van der Waals surface area contributed by atoms with Gasteiger partial charge in [0.05, 0.1) is 16.1 Å². The molecule has 0 saturated heterocycles. The molecule has 0 atom stereocenters. The molecule has 1 heterocycles. The number of rotatable bonds is 4. The number of hydrogen-bond donors (Lipinski definition) is 0. The molecule has 2 aromatic carbocycles. The number of hydrogen-bond acceptors (Lipinski definition) is 1. The minimum Gasteiger partial charge on any atom is -0.324 e. The molecule has 0 aliphatic rings. The summed E-state index contributed by atoms with van der Waals surface area (Å²) in [5.41, 5.74) is 3.20. The van der Waals surface area contributed by atoms with E-state index in [1.165, 1.54) is 5.52 Å². The van der Waals surface area contributed by atoms with E-state index in [1.54, 1.807) is 0 Å². The average molecular weight is 285 g/mol. The topological polar surface area (TPSA) is 17.8 Å². The Morgan fingerprint density at radius 1 is 1.05 bits per heavy atom. The number of nitrogens with zero attached hydrogens (tertiary/aromatic N) is 2. The average Bonchev–Trinajstić information content (AvgIpc) is 2.84. The molecule has 0 N–H and O–H groups in total. The van der Waals surface area contributed by atoms with Gasteiger partial charge in [0.2, 0.25) is 0 Å². The third-order valence-electron chi connectivity index (χ3n) is 3.50. The zero-order valence-electron chi connectivity index (χ0n) is 11.5. The van der Waals surface area contributed by atoms with E-state index >= 15 is 0 Å². The first-order valence-electron chi connectivity index (χ1n) is 7.01. The summed E-state index contributed by atoms with van der Waals surface area (Å²) in [7, 11) is 0. The standard InChI is InChI=1S/C17H17ClN2/c1-2-3-12-20-16-11-7-6-10-15(16)19-17(20)13-8-4-5-9-14(13)18/h4-11H,2-3,12H2,1H3. The summed E-state index contributed by atoms with van der Waals surface area (Å²) in [5.74, 6) is 0.963. The third kappa shape index (κ3) is 2.32. The van der Waals surface area contributed by atoms with Gasteiger partial charge >= 0.3 is 0 Å². The Kier molecular flexibility index (Phi) is 3.75. The highest BCUT2D eigenvalue weighted by Crippen LogP contribution is 2.30. The normalized spacial score (nSPS) is 11.1. The minimum atomic E-state index is 0.751. The largest absolute Gasteiger partial charge is 0.324 e. The molecule has 0 aliphatic heterocycles. The van der Waals surface area contributed by atoms with Gasteiger partial charge in [-0.1, -0.05) is 49.2 Å². The van der Waals surface area contributed by atoms with Crippen LogP contribution in [0.4, 0.5) is 0 Å². The molecule has 0 radical (unpaired) electrons. The summed E-state index contributed by atoms with van der Waals surface area (Å²) in [6, 6.07) is 16.2. The van der Waals surface area contributed by atoms with Gasteiger partial charge in [-0.3, -0.25) is 0 Å². The zero-order valence-corrected chi connectivity index (χ0v) is 12.3. The van der Waals surface area contributed by atoms with Gasteiger partial charge in [0, 0.05) is 12.1 Å². The highest BCUT2D eigenvalue weighted by atomic mass is 35.5. The van der Waals surface area contributed by atoms with Gasteiger partial charge in [0.1, 0.15) is 5.82 Å². The number of aryl methyl sites for hydroxylation is 1. The van der Waals surface area contributed by atoms with Gasteiger partial charge in [-0.25, -0.2) is 4.98 Å². The van der Waals surface area contributed by atoms with Crippen molar-refractivity contribution in [3.8, 4) is 11.4 Å². The first kappa shape index (κ1) is 13.2. The fourth-order valence-corrected chi connectivity index (χ4v) is 2.69. The predicted molar refractivity (Wildman–Crippen MR) is 85.1 cm³/mol. The summed E-state index contributed by atoms with van der Waals surface area (Å²) < 4.78 is 2.28. The zero-order chi connectivity index (χ0) is 13.9. The molecule has 3 rings (SSSR count). The number of halogens is 1. The first-order valence-corrected chi connectivity index (χ1v) is 7.39. The molecule has 102 valence electrons. The summed E-state index contributed by atoms with van der Waals surface area (Å²) in [5, 5.41) is 0.751. The van der Waals surface area contributed by atoms with Crippen molar-refractivity contribution in [2.24, 2.45) is 0 Å². The lowest BCUT2D eigenvalue weighted by Gasteiger charge is -2.09. The van der Waals surface area contributed by atoms with Gasteiger partial charge in [-0.15, -0.1) is 0 Å². The van der Waals surface area contributed by atoms with Gasteiger partial charge in [0.25, 0.3) is 0 Å². The van der Waals surface area contributed by atoms with E-state index in [4.69, 9.17) is 16.6 Å².